The molecule has 148 valence electrons. The van der Waals surface area contributed by atoms with Crippen molar-refractivity contribution >= 4 is 28.6 Å². The summed E-state index contributed by atoms with van der Waals surface area (Å²) < 4.78 is 0. The molecule has 0 spiro atoms. The Hall–Kier alpha value is -3.47. The van der Waals surface area contributed by atoms with Gasteiger partial charge in [-0.05, 0) is 31.3 Å². The highest BCUT2D eigenvalue weighted by Crippen LogP contribution is 2.34. The predicted octanol–water partition coefficient (Wildman–Crippen LogP) is 2.04. The standard InChI is InChI=1S/C21H22N6O2/c1-3-13(4-2)16-9-24-19-18(25-16)15(8-23-19)20(28)26-17(14-5-6-14)21(29)27-10-12(7-22)11-27/h3-4,8-9,12,14,17H,1,5-6,10-11H2,2H3,(H,23,24)(H,26,28). The van der Waals surface area contributed by atoms with Gasteiger partial charge in [0.05, 0.1) is 29.4 Å². The fourth-order valence-corrected chi connectivity index (χ4v) is 3.54. The van der Waals surface area contributed by atoms with E-state index in [4.69, 9.17) is 5.26 Å². The van der Waals surface area contributed by atoms with Gasteiger partial charge in [0, 0.05) is 19.3 Å². The Bertz CT molecular complexity index is 1050. The first-order valence-electron chi connectivity index (χ1n) is 9.68. The molecule has 2 aromatic rings. The second-order valence-electron chi connectivity index (χ2n) is 7.46. The Kier molecular flexibility index (Phi) is 4.89. The molecule has 2 aromatic heterocycles. The van der Waals surface area contributed by atoms with E-state index in [1.165, 1.54) is 0 Å². The molecule has 1 aliphatic carbocycles. The fraction of sp³-hybridized carbons (Fsp3) is 0.381. The van der Waals surface area contributed by atoms with Crippen molar-refractivity contribution in [2.45, 2.75) is 25.8 Å². The Morgan fingerprint density at radius 2 is 2.21 bits per heavy atom. The van der Waals surface area contributed by atoms with Gasteiger partial charge < -0.3 is 15.2 Å². The van der Waals surface area contributed by atoms with Gasteiger partial charge >= 0.3 is 0 Å². The number of fused-ring (bicyclic) bond motifs is 1. The second kappa shape index (κ2) is 7.51. The topological polar surface area (TPSA) is 115 Å². The lowest BCUT2D eigenvalue weighted by atomic mass is 9.99. The SMILES string of the molecule is C=CC(=CC)c1cnc2[nH]cc(C(=O)NC(C(=O)N3CC(C#N)C3)C3CC3)c2n1. The van der Waals surface area contributed by atoms with Crippen LogP contribution in [0.3, 0.4) is 0 Å². The summed E-state index contributed by atoms with van der Waals surface area (Å²) in [4.78, 5) is 39.3. The molecular formula is C21H22N6O2. The van der Waals surface area contributed by atoms with Crippen LogP contribution in [0.15, 0.2) is 31.1 Å². The van der Waals surface area contributed by atoms with Crippen molar-refractivity contribution in [3.05, 3.63) is 42.4 Å². The van der Waals surface area contributed by atoms with Crippen molar-refractivity contribution < 1.29 is 9.59 Å². The third-order valence-corrected chi connectivity index (χ3v) is 5.47. The van der Waals surface area contributed by atoms with E-state index in [0.717, 1.165) is 18.4 Å². The van der Waals surface area contributed by atoms with E-state index in [1.807, 2.05) is 13.0 Å². The molecule has 2 amide bonds. The minimum atomic E-state index is -0.567. The van der Waals surface area contributed by atoms with Crippen molar-refractivity contribution in [2.24, 2.45) is 11.8 Å². The number of likely N-dealkylation sites (tertiary alicyclic amines) is 1. The molecule has 0 radical (unpaired) electrons. The number of amides is 2. The molecule has 8 nitrogen and oxygen atoms in total. The molecule has 4 rings (SSSR count). The van der Waals surface area contributed by atoms with Gasteiger partial charge in [-0.2, -0.15) is 5.26 Å². The van der Waals surface area contributed by atoms with E-state index in [1.54, 1.807) is 23.4 Å². The molecule has 8 heteroatoms. The molecule has 0 bridgehead atoms. The zero-order valence-corrected chi connectivity index (χ0v) is 16.2. The average Bonchev–Trinajstić information content (AvgIpc) is 3.44. The molecule has 1 aliphatic heterocycles. The molecule has 1 unspecified atom stereocenters. The van der Waals surface area contributed by atoms with E-state index in [-0.39, 0.29) is 23.7 Å². The van der Waals surface area contributed by atoms with Gasteiger partial charge in [0.1, 0.15) is 11.6 Å². The molecule has 0 aromatic carbocycles. The summed E-state index contributed by atoms with van der Waals surface area (Å²) in [5, 5.41) is 11.8. The van der Waals surface area contributed by atoms with Gasteiger partial charge in [-0.1, -0.05) is 18.7 Å². The number of carbonyl (C=O) groups is 2. The summed E-state index contributed by atoms with van der Waals surface area (Å²) in [6.07, 6.45) is 8.58. The Morgan fingerprint density at radius 3 is 2.83 bits per heavy atom. The van der Waals surface area contributed by atoms with Crippen LogP contribution < -0.4 is 5.32 Å². The monoisotopic (exact) mass is 390 g/mol. The molecule has 29 heavy (non-hydrogen) atoms. The van der Waals surface area contributed by atoms with Gasteiger partial charge in [0.25, 0.3) is 5.91 Å². The van der Waals surface area contributed by atoms with Crippen LogP contribution in [0.25, 0.3) is 16.7 Å². The summed E-state index contributed by atoms with van der Waals surface area (Å²) in [5.41, 5.74) is 2.76. The van der Waals surface area contributed by atoms with Crippen LogP contribution in [0, 0.1) is 23.2 Å². The number of aromatic amines is 1. The number of nitrogens with zero attached hydrogens (tertiary/aromatic N) is 4. The maximum atomic E-state index is 13.0. The number of H-pyrrole nitrogens is 1. The fourth-order valence-electron chi connectivity index (χ4n) is 3.54. The minimum absolute atomic E-state index is 0.109. The van der Waals surface area contributed by atoms with Gasteiger partial charge in [0.15, 0.2) is 5.65 Å². The highest BCUT2D eigenvalue weighted by atomic mass is 16.2. The number of nitriles is 1. The highest BCUT2D eigenvalue weighted by Gasteiger charge is 2.42. The lowest BCUT2D eigenvalue weighted by Gasteiger charge is -2.37. The Balaban J connectivity index is 1.56. The van der Waals surface area contributed by atoms with Crippen LogP contribution in [0.1, 0.15) is 35.8 Å². The largest absolute Gasteiger partial charge is 0.344 e. The van der Waals surface area contributed by atoms with Gasteiger partial charge in [-0.25, -0.2) is 9.97 Å². The zero-order valence-electron chi connectivity index (χ0n) is 16.2. The van der Waals surface area contributed by atoms with Crippen LogP contribution in [0.4, 0.5) is 0 Å². The van der Waals surface area contributed by atoms with Gasteiger partial charge in [-0.15, -0.1) is 0 Å². The lowest BCUT2D eigenvalue weighted by molar-refractivity contribution is -0.138. The molecular weight excluding hydrogens is 368 g/mol. The van der Waals surface area contributed by atoms with E-state index in [2.05, 4.69) is 32.9 Å². The Labute approximate surface area is 168 Å². The first-order valence-corrected chi connectivity index (χ1v) is 9.68. The summed E-state index contributed by atoms with van der Waals surface area (Å²) in [6, 6.07) is 1.60. The van der Waals surface area contributed by atoms with Crippen molar-refractivity contribution in [3.8, 4) is 6.07 Å². The maximum Gasteiger partial charge on any atom is 0.255 e. The summed E-state index contributed by atoms with van der Waals surface area (Å²) in [7, 11) is 0. The third-order valence-electron chi connectivity index (χ3n) is 5.47. The Morgan fingerprint density at radius 1 is 1.45 bits per heavy atom. The first kappa shape index (κ1) is 18.9. The predicted molar refractivity (Wildman–Crippen MR) is 107 cm³/mol. The number of nitrogens with one attached hydrogen (secondary N) is 2. The van der Waals surface area contributed by atoms with E-state index in [9.17, 15) is 9.59 Å². The molecule has 3 heterocycles. The van der Waals surface area contributed by atoms with Crippen molar-refractivity contribution in [3.63, 3.8) is 0 Å². The number of aromatic nitrogens is 3. The van der Waals surface area contributed by atoms with E-state index >= 15 is 0 Å². The normalized spacial score (nSPS) is 18.1. The summed E-state index contributed by atoms with van der Waals surface area (Å²) in [5.74, 6) is -0.426. The zero-order chi connectivity index (χ0) is 20.5. The van der Waals surface area contributed by atoms with Crippen LogP contribution in [-0.2, 0) is 4.79 Å². The number of rotatable bonds is 6. The highest BCUT2D eigenvalue weighted by molar-refractivity contribution is 6.06. The van der Waals surface area contributed by atoms with Crippen LogP contribution in [-0.4, -0.2) is 50.8 Å². The van der Waals surface area contributed by atoms with E-state index < -0.39 is 6.04 Å². The second-order valence-corrected chi connectivity index (χ2v) is 7.46. The molecule has 2 fully saturated rings. The maximum absolute atomic E-state index is 13.0. The van der Waals surface area contributed by atoms with Crippen molar-refractivity contribution in [2.75, 3.05) is 13.1 Å². The molecule has 2 aliphatic rings. The van der Waals surface area contributed by atoms with E-state index in [0.29, 0.717) is 35.5 Å². The number of hydrogen-bond donors (Lipinski definition) is 2. The van der Waals surface area contributed by atoms with Gasteiger partial charge in [0.2, 0.25) is 5.91 Å². The van der Waals surface area contributed by atoms with Crippen LogP contribution in [0.5, 0.6) is 0 Å². The first-order chi connectivity index (χ1) is 14.0. The smallest absolute Gasteiger partial charge is 0.255 e. The molecule has 1 saturated heterocycles. The summed E-state index contributed by atoms with van der Waals surface area (Å²) in [6.45, 7) is 6.52. The average molecular weight is 390 g/mol. The van der Waals surface area contributed by atoms with Gasteiger partial charge in [-0.3, -0.25) is 9.59 Å². The number of hydrogen-bond acceptors (Lipinski definition) is 5. The quantitative estimate of drug-likeness (QED) is 0.733. The molecule has 1 saturated carbocycles. The third kappa shape index (κ3) is 3.51. The van der Waals surface area contributed by atoms with Crippen LogP contribution >= 0.6 is 0 Å². The van der Waals surface area contributed by atoms with Crippen LogP contribution in [0.2, 0.25) is 0 Å². The minimum Gasteiger partial charge on any atom is -0.344 e. The van der Waals surface area contributed by atoms with Crippen molar-refractivity contribution in [1.82, 2.24) is 25.2 Å². The number of allylic oxidation sites excluding steroid dienone is 3. The summed E-state index contributed by atoms with van der Waals surface area (Å²) >= 11 is 0. The van der Waals surface area contributed by atoms with Crippen molar-refractivity contribution in [1.29, 1.82) is 5.26 Å². The molecule has 2 N–H and O–H groups in total. The lowest BCUT2D eigenvalue weighted by Crippen LogP contribution is -2.57. The number of carbonyl (C=O) groups excluding carboxylic acids is 2. The molecule has 1 atom stereocenters.